The molecule has 0 aliphatic rings. The Bertz CT molecular complexity index is 923. The van der Waals surface area contributed by atoms with Crippen molar-refractivity contribution in [2.24, 2.45) is 10.2 Å². The van der Waals surface area contributed by atoms with Crippen LogP contribution in [0.5, 0.6) is 11.5 Å². The third kappa shape index (κ3) is 4.30. The first-order valence-corrected chi connectivity index (χ1v) is 7.78. The molecule has 0 atom stereocenters. The monoisotopic (exact) mass is 350 g/mol. The fraction of sp³-hybridized carbons (Fsp3) is 0.0500. The Labute approximate surface area is 149 Å². The van der Waals surface area contributed by atoms with Crippen molar-refractivity contribution in [3.05, 3.63) is 84.2 Å². The smallest absolute Gasteiger partial charge is 0.343 e. The molecule has 0 saturated heterocycles. The normalized spacial score (nSPS) is 10.7. The molecule has 3 rings (SSSR count). The Balaban J connectivity index is 1.66. The Morgan fingerprint density at radius 1 is 0.846 bits per heavy atom. The molecule has 0 bridgehead atoms. The molecule has 0 saturated carbocycles. The molecule has 0 heterocycles. The number of carbonyl (C=O) groups excluding carboxylic acids is 1. The summed E-state index contributed by atoms with van der Waals surface area (Å²) in [5.41, 5.74) is 1.54. The Morgan fingerprint density at radius 2 is 1.42 bits per heavy atom. The van der Waals surface area contributed by atoms with Gasteiger partial charge in [0, 0.05) is 0 Å². The van der Waals surface area contributed by atoms with E-state index in [-0.39, 0.29) is 11.3 Å². The molecule has 0 unspecified atom stereocenters. The van der Waals surface area contributed by atoms with E-state index in [1.807, 2.05) is 0 Å². The Kier molecular flexibility index (Phi) is 5.34. The summed E-state index contributed by atoms with van der Waals surface area (Å²) in [5, 5.41) is 8.21. The van der Waals surface area contributed by atoms with Crippen molar-refractivity contribution in [2.75, 3.05) is 7.11 Å². The summed E-state index contributed by atoms with van der Waals surface area (Å²) in [4.78, 5) is 12.1. The second-order valence-electron chi connectivity index (χ2n) is 5.26. The van der Waals surface area contributed by atoms with Crippen LogP contribution in [0.3, 0.4) is 0 Å². The molecule has 0 radical (unpaired) electrons. The molecule has 0 fully saturated rings. The molecule has 26 heavy (non-hydrogen) atoms. The number of hydrogen-bond donors (Lipinski definition) is 0. The number of nitrogens with zero attached hydrogens (tertiary/aromatic N) is 2. The van der Waals surface area contributed by atoms with Gasteiger partial charge in [-0.05, 0) is 60.7 Å². The van der Waals surface area contributed by atoms with Crippen molar-refractivity contribution in [2.45, 2.75) is 0 Å². The number of rotatable bonds is 5. The zero-order valence-electron chi connectivity index (χ0n) is 13.9. The number of methoxy groups -OCH3 is 1. The van der Waals surface area contributed by atoms with Crippen LogP contribution < -0.4 is 9.47 Å². The molecule has 130 valence electrons. The van der Waals surface area contributed by atoms with E-state index >= 15 is 0 Å². The van der Waals surface area contributed by atoms with Crippen molar-refractivity contribution in [3.8, 4) is 11.5 Å². The molecule has 5 nitrogen and oxygen atoms in total. The van der Waals surface area contributed by atoms with Crippen LogP contribution in [-0.4, -0.2) is 13.1 Å². The molecule has 0 N–H and O–H groups in total. The summed E-state index contributed by atoms with van der Waals surface area (Å²) in [6, 6.07) is 19.2. The van der Waals surface area contributed by atoms with E-state index in [2.05, 4.69) is 10.2 Å². The average Bonchev–Trinajstić information content (AvgIpc) is 2.69. The van der Waals surface area contributed by atoms with Crippen LogP contribution in [0.4, 0.5) is 15.8 Å². The van der Waals surface area contributed by atoms with Gasteiger partial charge in [-0.3, -0.25) is 0 Å². The standard InChI is InChI=1S/C20H15FN2O3/c1-25-17-12-10-16(11-13-17)23-22-15-8-6-14(7-9-15)20(24)26-19-5-3-2-4-18(19)21/h2-13H,1H3. The Morgan fingerprint density at radius 3 is 2.00 bits per heavy atom. The highest BCUT2D eigenvalue weighted by molar-refractivity contribution is 5.91. The van der Waals surface area contributed by atoms with E-state index in [0.29, 0.717) is 11.4 Å². The lowest BCUT2D eigenvalue weighted by atomic mass is 10.2. The lowest BCUT2D eigenvalue weighted by Gasteiger charge is -2.05. The first-order chi connectivity index (χ1) is 12.7. The summed E-state index contributed by atoms with van der Waals surface area (Å²) in [6.45, 7) is 0. The lowest BCUT2D eigenvalue weighted by Crippen LogP contribution is -2.09. The average molecular weight is 350 g/mol. The van der Waals surface area contributed by atoms with Gasteiger partial charge in [-0.25, -0.2) is 9.18 Å². The lowest BCUT2D eigenvalue weighted by molar-refractivity contribution is 0.0728. The first-order valence-electron chi connectivity index (χ1n) is 7.78. The van der Waals surface area contributed by atoms with Crippen molar-refractivity contribution in [1.29, 1.82) is 0 Å². The summed E-state index contributed by atoms with van der Waals surface area (Å²) in [5.74, 6) is -0.609. The summed E-state index contributed by atoms with van der Waals surface area (Å²) >= 11 is 0. The largest absolute Gasteiger partial charge is 0.497 e. The fourth-order valence-corrected chi connectivity index (χ4v) is 2.11. The van der Waals surface area contributed by atoms with Crippen molar-refractivity contribution >= 4 is 17.3 Å². The molecule has 0 aromatic heterocycles. The minimum absolute atomic E-state index is 0.110. The number of halogens is 1. The van der Waals surface area contributed by atoms with Gasteiger partial charge in [0.2, 0.25) is 0 Å². The van der Waals surface area contributed by atoms with Gasteiger partial charge in [-0.2, -0.15) is 10.2 Å². The molecule has 3 aromatic rings. The number of benzene rings is 3. The van der Waals surface area contributed by atoms with Gasteiger partial charge in [-0.1, -0.05) is 12.1 Å². The van der Waals surface area contributed by atoms with E-state index in [0.717, 1.165) is 5.75 Å². The molecule has 0 amide bonds. The van der Waals surface area contributed by atoms with E-state index in [1.165, 1.54) is 18.2 Å². The van der Waals surface area contributed by atoms with Crippen molar-refractivity contribution in [3.63, 3.8) is 0 Å². The van der Waals surface area contributed by atoms with Crippen molar-refractivity contribution in [1.82, 2.24) is 0 Å². The highest BCUT2D eigenvalue weighted by Crippen LogP contribution is 2.22. The zero-order valence-corrected chi connectivity index (χ0v) is 13.9. The summed E-state index contributed by atoms with van der Waals surface area (Å²) < 4.78 is 23.6. The van der Waals surface area contributed by atoms with Gasteiger partial charge in [0.05, 0.1) is 24.0 Å². The fourth-order valence-electron chi connectivity index (χ4n) is 2.11. The van der Waals surface area contributed by atoms with Crippen LogP contribution in [0, 0.1) is 5.82 Å². The highest BCUT2D eigenvalue weighted by Gasteiger charge is 2.11. The Hall–Kier alpha value is -3.54. The molecule has 0 aliphatic heterocycles. The van der Waals surface area contributed by atoms with Crippen LogP contribution in [0.2, 0.25) is 0 Å². The summed E-state index contributed by atoms with van der Waals surface area (Å²) in [7, 11) is 1.59. The molecule has 6 heteroatoms. The van der Waals surface area contributed by atoms with E-state index in [1.54, 1.807) is 61.7 Å². The SMILES string of the molecule is COc1ccc(N=Nc2ccc(C(=O)Oc3ccccc3F)cc2)cc1. The van der Waals surface area contributed by atoms with Crippen LogP contribution in [0.1, 0.15) is 10.4 Å². The van der Waals surface area contributed by atoms with Crippen LogP contribution >= 0.6 is 0 Å². The van der Waals surface area contributed by atoms with Gasteiger partial charge in [0.1, 0.15) is 5.75 Å². The van der Waals surface area contributed by atoms with Crippen molar-refractivity contribution < 1.29 is 18.7 Å². The van der Waals surface area contributed by atoms with Gasteiger partial charge < -0.3 is 9.47 Å². The maximum Gasteiger partial charge on any atom is 0.343 e. The summed E-state index contributed by atoms with van der Waals surface area (Å²) in [6.07, 6.45) is 0. The van der Waals surface area contributed by atoms with Crippen LogP contribution in [-0.2, 0) is 0 Å². The quantitative estimate of drug-likeness (QED) is 0.348. The minimum Gasteiger partial charge on any atom is -0.497 e. The van der Waals surface area contributed by atoms with Gasteiger partial charge in [0.25, 0.3) is 0 Å². The topological polar surface area (TPSA) is 60.2 Å². The number of esters is 1. The number of azo groups is 1. The van der Waals surface area contributed by atoms with Gasteiger partial charge in [-0.15, -0.1) is 0 Å². The highest BCUT2D eigenvalue weighted by atomic mass is 19.1. The molecular formula is C20H15FN2O3. The third-order valence-corrected chi connectivity index (χ3v) is 3.50. The van der Waals surface area contributed by atoms with Gasteiger partial charge >= 0.3 is 5.97 Å². The van der Waals surface area contributed by atoms with E-state index in [4.69, 9.17) is 9.47 Å². The molecular weight excluding hydrogens is 335 g/mol. The maximum atomic E-state index is 13.5. The number of para-hydroxylation sites is 1. The number of ether oxygens (including phenoxy) is 2. The predicted octanol–water partition coefficient (Wildman–Crippen LogP) is 5.47. The van der Waals surface area contributed by atoms with Crippen LogP contribution in [0.15, 0.2) is 83.0 Å². The number of hydrogen-bond acceptors (Lipinski definition) is 5. The zero-order chi connectivity index (χ0) is 18.4. The number of carbonyl (C=O) groups is 1. The minimum atomic E-state index is -0.645. The van der Waals surface area contributed by atoms with Crippen LogP contribution in [0.25, 0.3) is 0 Å². The molecule has 3 aromatic carbocycles. The first kappa shape index (κ1) is 17.3. The van der Waals surface area contributed by atoms with E-state index < -0.39 is 11.8 Å². The predicted molar refractivity (Wildman–Crippen MR) is 95.0 cm³/mol. The van der Waals surface area contributed by atoms with Gasteiger partial charge in [0.15, 0.2) is 11.6 Å². The molecule has 0 spiro atoms. The second-order valence-corrected chi connectivity index (χ2v) is 5.26. The van der Waals surface area contributed by atoms with E-state index in [9.17, 15) is 9.18 Å². The second kappa shape index (κ2) is 8.02. The third-order valence-electron chi connectivity index (χ3n) is 3.50. The molecule has 0 aliphatic carbocycles. The maximum absolute atomic E-state index is 13.5.